The number of nitrogens with zero attached hydrogens (tertiary/aromatic N) is 2. The van der Waals surface area contributed by atoms with Crippen molar-refractivity contribution >= 4 is 39.1 Å². The van der Waals surface area contributed by atoms with Gasteiger partial charge in [0.2, 0.25) is 15.9 Å². The van der Waals surface area contributed by atoms with E-state index in [9.17, 15) is 13.2 Å². The Kier molecular flexibility index (Phi) is 5.67. The van der Waals surface area contributed by atoms with E-state index in [-0.39, 0.29) is 12.2 Å². The van der Waals surface area contributed by atoms with Gasteiger partial charge in [-0.2, -0.15) is 5.10 Å². The molecule has 6 nitrogen and oxygen atoms in total. The second-order valence-electron chi connectivity index (χ2n) is 4.98. The van der Waals surface area contributed by atoms with Crippen LogP contribution in [0.25, 0.3) is 0 Å². The lowest BCUT2D eigenvalue weighted by atomic mass is 10.1. The Hall–Kier alpha value is -1.57. The van der Waals surface area contributed by atoms with E-state index in [1.165, 1.54) is 4.68 Å². The van der Waals surface area contributed by atoms with Gasteiger partial charge < -0.3 is 0 Å². The van der Waals surface area contributed by atoms with Gasteiger partial charge in [-0.25, -0.2) is 8.42 Å². The smallest absolute Gasteiger partial charge is 0.240 e. The van der Waals surface area contributed by atoms with Gasteiger partial charge in [0.25, 0.3) is 0 Å². The third kappa shape index (κ3) is 5.23. The molecule has 1 amide bonds. The number of rotatable bonds is 6. The van der Waals surface area contributed by atoms with Crippen molar-refractivity contribution in [2.75, 3.05) is 0 Å². The average molecular weight is 376 g/mol. The number of halogens is 2. The second kappa shape index (κ2) is 7.33. The Morgan fingerprint density at radius 1 is 1.30 bits per heavy atom. The molecular formula is C14H15Cl2N3O3S. The number of sulfonamides is 1. The lowest BCUT2D eigenvalue weighted by Gasteiger charge is -2.07. The molecule has 9 heteroatoms. The molecule has 0 bridgehead atoms. The Bertz CT molecular complexity index is 818. The molecule has 0 unspecified atom stereocenters. The fourth-order valence-electron chi connectivity index (χ4n) is 1.99. The number of carbonyl (C=O) groups excluding carboxylic acids is 1. The zero-order chi connectivity index (χ0) is 17.0. The Balaban J connectivity index is 1.92. The molecule has 0 atom stereocenters. The van der Waals surface area contributed by atoms with E-state index in [0.29, 0.717) is 27.7 Å². The van der Waals surface area contributed by atoms with Gasteiger partial charge in [0.1, 0.15) is 5.75 Å². The van der Waals surface area contributed by atoms with Crippen molar-refractivity contribution in [1.82, 2.24) is 14.5 Å². The molecule has 0 radical (unpaired) electrons. The van der Waals surface area contributed by atoms with Crippen LogP contribution in [0.3, 0.4) is 0 Å². The van der Waals surface area contributed by atoms with E-state index in [1.807, 2.05) is 4.72 Å². The van der Waals surface area contributed by atoms with Gasteiger partial charge >= 0.3 is 0 Å². The van der Waals surface area contributed by atoms with Crippen LogP contribution in [-0.2, 0) is 34.0 Å². The molecule has 0 fully saturated rings. The maximum absolute atomic E-state index is 11.9. The Morgan fingerprint density at radius 2 is 2.04 bits per heavy atom. The molecule has 0 spiro atoms. The van der Waals surface area contributed by atoms with Crippen molar-refractivity contribution < 1.29 is 13.2 Å². The van der Waals surface area contributed by atoms with Gasteiger partial charge in [0.05, 0.1) is 15.7 Å². The predicted molar refractivity (Wildman–Crippen MR) is 88.8 cm³/mol. The van der Waals surface area contributed by atoms with Crippen LogP contribution in [0.1, 0.15) is 17.7 Å². The van der Waals surface area contributed by atoms with Crippen molar-refractivity contribution in [2.24, 2.45) is 7.05 Å². The van der Waals surface area contributed by atoms with Crippen LogP contribution in [0, 0.1) is 0 Å². The third-order valence-electron chi connectivity index (χ3n) is 3.03. The second-order valence-corrected chi connectivity index (χ2v) is 7.49. The van der Waals surface area contributed by atoms with Crippen LogP contribution in [0.2, 0.25) is 10.0 Å². The van der Waals surface area contributed by atoms with Gasteiger partial charge in [-0.05, 0) is 24.1 Å². The molecule has 2 rings (SSSR count). The van der Waals surface area contributed by atoms with Gasteiger partial charge in [-0.1, -0.05) is 35.3 Å². The first-order valence-electron chi connectivity index (χ1n) is 6.71. The summed E-state index contributed by atoms with van der Waals surface area (Å²) < 4.78 is 27.4. The van der Waals surface area contributed by atoms with E-state index >= 15 is 0 Å². The van der Waals surface area contributed by atoms with Crippen LogP contribution >= 0.6 is 23.2 Å². The van der Waals surface area contributed by atoms with Gasteiger partial charge in [-0.15, -0.1) is 0 Å². The SMILES string of the molecule is Cn1ccc(CS(=O)(=O)NC(=O)CCc2cccc(Cl)c2Cl)n1. The van der Waals surface area contributed by atoms with Crippen LogP contribution in [0.5, 0.6) is 0 Å². The van der Waals surface area contributed by atoms with E-state index in [0.717, 1.165) is 0 Å². The third-order valence-corrected chi connectivity index (χ3v) is 5.10. The fraction of sp³-hybridized carbons (Fsp3) is 0.286. The van der Waals surface area contributed by atoms with Crippen LogP contribution in [0.4, 0.5) is 0 Å². The van der Waals surface area contributed by atoms with Gasteiger partial charge in [0, 0.05) is 19.7 Å². The normalized spacial score (nSPS) is 11.4. The zero-order valence-corrected chi connectivity index (χ0v) is 14.6. The molecule has 0 saturated heterocycles. The molecule has 0 aliphatic carbocycles. The minimum atomic E-state index is -3.78. The monoisotopic (exact) mass is 375 g/mol. The zero-order valence-electron chi connectivity index (χ0n) is 12.3. The molecular weight excluding hydrogens is 361 g/mol. The summed E-state index contributed by atoms with van der Waals surface area (Å²) in [6.07, 6.45) is 1.92. The molecule has 1 aromatic carbocycles. The summed E-state index contributed by atoms with van der Waals surface area (Å²) in [6.45, 7) is 0. The largest absolute Gasteiger partial charge is 0.276 e. The highest BCUT2D eigenvalue weighted by Gasteiger charge is 2.17. The van der Waals surface area contributed by atoms with Crippen molar-refractivity contribution in [3.8, 4) is 0 Å². The predicted octanol–water partition coefficient (Wildman–Crippen LogP) is 2.31. The first kappa shape index (κ1) is 17.8. The highest BCUT2D eigenvalue weighted by atomic mass is 35.5. The van der Waals surface area contributed by atoms with E-state index in [2.05, 4.69) is 5.10 Å². The number of nitrogens with one attached hydrogen (secondary N) is 1. The Morgan fingerprint density at radius 3 is 2.70 bits per heavy atom. The van der Waals surface area contributed by atoms with Crippen molar-refractivity contribution in [3.05, 3.63) is 51.8 Å². The number of amides is 1. The van der Waals surface area contributed by atoms with Crippen molar-refractivity contribution in [2.45, 2.75) is 18.6 Å². The summed E-state index contributed by atoms with van der Waals surface area (Å²) in [5, 5.41) is 4.74. The number of aromatic nitrogens is 2. The Labute approximate surface area is 144 Å². The van der Waals surface area contributed by atoms with Crippen LogP contribution in [-0.4, -0.2) is 24.1 Å². The summed E-state index contributed by atoms with van der Waals surface area (Å²) in [4.78, 5) is 11.8. The summed E-state index contributed by atoms with van der Waals surface area (Å²) in [5.41, 5.74) is 1.06. The van der Waals surface area contributed by atoms with Crippen LogP contribution < -0.4 is 4.72 Å². The van der Waals surface area contributed by atoms with Gasteiger partial charge in [-0.3, -0.25) is 14.2 Å². The maximum atomic E-state index is 11.9. The minimum absolute atomic E-state index is 0.0124. The summed E-state index contributed by atoms with van der Waals surface area (Å²) in [6, 6.07) is 6.68. The molecule has 124 valence electrons. The number of hydrogen-bond donors (Lipinski definition) is 1. The van der Waals surface area contributed by atoms with E-state index < -0.39 is 15.9 Å². The maximum Gasteiger partial charge on any atom is 0.240 e. The average Bonchev–Trinajstić information content (AvgIpc) is 2.84. The number of carbonyl (C=O) groups is 1. The molecule has 1 heterocycles. The lowest BCUT2D eigenvalue weighted by Crippen LogP contribution is -2.31. The molecule has 1 N–H and O–H groups in total. The highest BCUT2D eigenvalue weighted by molar-refractivity contribution is 7.89. The number of aryl methyl sites for hydroxylation is 2. The van der Waals surface area contributed by atoms with Gasteiger partial charge in [0.15, 0.2) is 0 Å². The summed E-state index contributed by atoms with van der Waals surface area (Å²) in [7, 11) is -2.09. The summed E-state index contributed by atoms with van der Waals surface area (Å²) in [5.74, 6) is -0.950. The lowest BCUT2D eigenvalue weighted by molar-refractivity contribution is -0.119. The molecule has 0 aliphatic heterocycles. The fourth-order valence-corrected chi connectivity index (χ4v) is 3.46. The van der Waals surface area contributed by atoms with E-state index in [4.69, 9.17) is 23.2 Å². The minimum Gasteiger partial charge on any atom is -0.276 e. The molecule has 0 aliphatic rings. The molecule has 23 heavy (non-hydrogen) atoms. The topological polar surface area (TPSA) is 81.1 Å². The first-order chi connectivity index (χ1) is 10.8. The van der Waals surface area contributed by atoms with Crippen molar-refractivity contribution in [3.63, 3.8) is 0 Å². The van der Waals surface area contributed by atoms with Crippen molar-refractivity contribution in [1.29, 1.82) is 0 Å². The standard InChI is InChI=1S/C14H15Cl2N3O3S/c1-19-8-7-11(17-19)9-23(21,22)18-13(20)6-5-10-3-2-4-12(15)14(10)16/h2-4,7-8H,5-6,9H2,1H3,(H,18,20). The quantitative estimate of drug-likeness (QED) is 0.839. The first-order valence-corrected chi connectivity index (χ1v) is 9.12. The highest BCUT2D eigenvalue weighted by Crippen LogP contribution is 2.26. The molecule has 2 aromatic rings. The molecule has 0 saturated carbocycles. The summed E-state index contributed by atoms with van der Waals surface area (Å²) >= 11 is 11.9. The number of hydrogen-bond acceptors (Lipinski definition) is 4. The van der Waals surface area contributed by atoms with Crippen LogP contribution in [0.15, 0.2) is 30.5 Å². The van der Waals surface area contributed by atoms with E-state index in [1.54, 1.807) is 37.5 Å². The number of benzene rings is 1. The molecule has 1 aromatic heterocycles.